The molecule has 106 valence electrons. The molecule has 0 aliphatic carbocycles. The highest BCUT2D eigenvalue weighted by molar-refractivity contribution is 5.76. The van der Waals surface area contributed by atoms with Crippen LogP contribution in [0.2, 0.25) is 0 Å². The molecule has 1 aromatic rings. The van der Waals surface area contributed by atoms with Crippen LogP contribution in [0.3, 0.4) is 0 Å². The lowest BCUT2D eigenvalue weighted by Gasteiger charge is -2.27. The van der Waals surface area contributed by atoms with E-state index in [4.69, 9.17) is 10.5 Å². The summed E-state index contributed by atoms with van der Waals surface area (Å²) in [6, 6.07) is 7.80. The first kappa shape index (κ1) is 15.5. The van der Waals surface area contributed by atoms with Gasteiger partial charge in [0.25, 0.3) is 0 Å². The third-order valence-corrected chi connectivity index (χ3v) is 3.00. The number of anilines is 1. The zero-order valence-corrected chi connectivity index (χ0v) is 12.1. The molecule has 0 fully saturated rings. The standard InChI is InChI=1S/C15H24N2O2/c1-4-19-10-9-15(18)17(12(2)3)11-13-7-5-6-8-14(13)16/h5-8,12H,4,9-11,16H2,1-3H3. The van der Waals surface area contributed by atoms with Crippen LogP contribution in [-0.4, -0.2) is 30.1 Å². The second-order valence-electron chi connectivity index (χ2n) is 4.76. The molecule has 0 aromatic heterocycles. The van der Waals surface area contributed by atoms with Crippen molar-refractivity contribution < 1.29 is 9.53 Å². The molecule has 0 radical (unpaired) electrons. The fourth-order valence-electron chi connectivity index (χ4n) is 1.87. The lowest BCUT2D eigenvalue weighted by atomic mass is 10.1. The van der Waals surface area contributed by atoms with Gasteiger partial charge in [0, 0.05) is 24.9 Å². The quantitative estimate of drug-likeness (QED) is 0.608. The molecule has 0 saturated heterocycles. The Bertz CT molecular complexity index is 405. The van der Waals surface area contributed by atoms with Crippen LogP contribution < -0.4 is 5.73 Å². The van der Waals surface area contributed by atoms with E-state index in [1.54, 1.807) is 0 Å². The van der Waals surface area contributed by atoms with Crippen LogP contribution in [0.4, 0.5) is 5.69 Å². The molecule has 0 aliphatic heterocycles. The molecule has 0 heterocycles. The van der Waals surface area contributed by atoms with E-state index in [0.717, 1.165) is 11.3 Å². The SMILES string of the molecule is CCOCCC(=O)N(Cc1ccccc1N)C(C)C. The van der Waals surface area contributed by atoms with Gasteiger partial charge in [-0.1, -0.05) is 18.2 Å². The van der Waals surface area contributed by atoms with E-state index in [1.807, 2.05) is 49.9 Å². The summed E-state index contributed by atoms with van der Waals surface area (Å²) in [5, 5.41) is 0. The highest BCUT2D eigenvalue weighted by Crippen LogP contribution is 2.16. The Morgan fingerprint density at radius 2 is 2.05 bits per heavy atom. The van der Waals surface area contributed by atoms with Crippen molar-refractivity contribution in [2.45, 2.75) is 39.8 Å². The molecule has 0 bridgehead atoms. The molecule has 1 rings (SSSR count). The molecule has 0 atom stereocenters. The molecule has 4 heteroatoms. The largest absolute Gasteiger partial charge is 0.398 e. The van der Waals surface area contributed by atoms with Gasteiger partial charge in [-0.15, -0.1) is 0 Å². The molecular formula is C15H24N2O2. The maximum atomic E-state index is 12.2. The van der Waals surface area contributed by atoms with Gasteiger partial charge in [0.1, 0.15) is 0 Å². The molecule has 1 amide bonds. The third-order valence-electron chi connectivity index (χ3n) is 3.00. The highest BCUT2D eigenvalue weighted by atomic mass is 16.5. The monoisotopic (exact) mass is 264 g/mol. The highest BCUT2D eigenvalue weighted by Gasteiger charge is 2.17. The summed E-state index contributed by atoms with van der Waals surface area (Å²) in [4.78, 5) is 14.0. The van der Waals surface area contributed by atoms with E-state index in [0.29, 0.717) is 26.2 Å². The Kier molecular flexibility index (Phi) is 6.36. The second-order valence-corrected chi connectivity index (χ2v) is 4.76. The predicted molar refractivity (Wildman–Crippen MR) is 77.7 cm³/mol. The van der Waals surface area contributed by atoms with E-state index in [-0.39, 0.29) is 11.9 Å². The molecule has 2 N–H and O–H groups in total. The lowest BCUT2D eigenvalue weighted by molar-refractivity contribution is -0.134. The van der Waals surface area contributed by atoms with E-state index < -0.39 is 0 Å². The van der Waals surface area contributed by atoms with Crippen molar-refractivity contribution in [2.24, 2.45) is 0 Å². The summed E-state index contributed by atoms with van der Waals surface area (Å²) in [5.41, 5.74) is 7.64. The summed E-state index contributed by atoms with van der Waals surface area (Å²) in [5.74, 6) is 0.103. The van der Waals surface area contributed by atoms with E-state index in [1.165, 1.54) is 0 Å². The van der Waals surface area contributed by atoms with Gasteiger partial charge in [-0.2, -0.15) is 0 Å². The van der Waals surface area contributed by atoms with Crippen LogP contribution in [0.5, 0.6) is 0 Å². The molecule has 0 saturated carbocycles. The molecule has 19 heavy (non-hydrogen) atoms. The number of para-hydroxylation sites is 1. The fourth-order valence-corrected chi connectivity index (χ4v) is 1.87. The maximum absolute atomic E-state index is 12.2. The van der Waals surface area contributed by atoms with Crippen LogP contribution in [0.25, 0.3) is 0 Å². The summed E-state index contributed by atoms with van der Waals surface area (Å²) < 4.78 is 5.24. The molecular weight excluding hydrogens is 240 g/mol. The van der Waals surface area contributed by atoms with E-state index in [9.17, 15) is 4.79 Å². The number of nitrogen functional groups attached to an aromatic ring is 1. The zero-order chi connectivity index (χ0) is 14.3. The Labute approximate surface area is 115 Å². The van der Waals surface area contributed by atoms with Gasteiger partial charge in [-0.25, -0.2) is 0 Å². The van der Waals surface area contributed by atoms with Crippen molar-refractivity contribution >= 4 is 11.6 Å². The van der Waals surface area contributed by atoms with Crippen LogP contribution in [0.1, 0.15) is 32.8 Å². The fraction of sp³-hybridized carbons (Fsp3) is 0.533. The Balaban J connectivity index is 2.68. The predicted octanol–water partition coefficient (Wildman–Crippen LogP) is 2.43. The number of hydrogen-bond donors (Lipinski definition) is 1. The smallest absolute Gasteiger partial charge is 0.225 e. The average molecular weight is 264 g/mol. The molecule has 0 unspecified atom stereocenters. The minimum atomic E-state index is 0.103. The summed E-state index contributed by atoms with van der Waals surface area (Å²) in [6.45, 7) is 7.61. The number of carbonyl (C=O) groups is 1. The molecule has 4 nitrogen and oxygen atoms in total. The summed E-state index contributed by atoms with van der Waals surface area (Å²) in [7, 11) is 0. The maximum Gasteiger partial charge on any atom is 0.225 e. The average Bonchev–Trinajstić information content (AvgIpc) is 2.37. The van der Waals surface area contributed by atoms with Crippen molar-refractivity contribution in [3.63, 3.8) is 0 Å². The van der Waals surface area contributed by atoms with Crippen LogP contribution in [0.15, 0.2) is 24.3 Å². The van der Waals surface area contributed by atoms with E-state index >= 15 is 0 Å². The number of nitrogens with two attached hydrogens (primary N) is 1. The first-order chi connectivity index (χ1) is 9.06. The van der Waals surface area contributed by atoms with Crippen molar-refractivity contribution in [3.8, 4) is 0 Å². The van der Waals surface area contributed by atoms with Crippen molar-refractivity contribution in [1.82, 2.24) is 4.90 Å². The Hall–Kier alpha value is -1.55. The van der Waals surface area contributed by atoms with Gasteiger partial charge in [0.15, 0.2) is 0 Å². The minimum absolute atomic E-state index is 0.103. The topological polar surface area (TPSA) is 55.6 Å². The number of amides is 1. The van der Waals surface area contributed by atoms with Gasteiger partial charge in [-0.05, 0) is 32.4 Å². The van der Waals surface area contributed by atoms with Gasteiger partial charge in [-0.3, -0.25) is 4.79 Å². The Morgan fingerprint density at radius 3 is 2.63 bits per heavy atom. The van der Waals surface area contributed by atoms with Gasteiger partial charge >= 0.3 is 0 Å². The minimum Gasteiger partial charge on any atom is -0.398 e. The lowest BCUT2D eigenvalue weighted by Crippen LogP contribution is -2.37. The zero-order valence-electron chi connectivity index (χ0n) is 12.1. The van der Waals surface area contributed by atoms with Gasteiger partial charge < -0.3 is 15.4 Å². The van der Waals surface area contributed by atoms with Gasteiger partial charge in [0.2, 0.25) is 5.91 Å². The summed E-state index contributed by atoms with van der Waals surface area (Å²) >= 11 is 0. The van der Waals surface area contributed by atoms with Crippen molar-refractivity contribution in [1.29, 1.82) is 0 Å². The summed E-state index contributed by atoms with van der Waals surface area (Å²) in [6.07, 6.45) is 0.415. The van der Waals surface area contributed by atoms with Gasteiger partial charge in [0.05, 0.1) is 13.0 Å². The first-order valence-corrected chi connectivity index (χ1v) is 6.76. The van der Waals surface area contributed by atoms with E-state index in [2.05, 4.69) is 0 Å². The third kappa shape index (κ3) is 4.91. The van der Waals surface area contributed by atoms with Crippen molar-refractivity contribution in [2.75, 3.05) is 18.9 Å². The number of hydrogen-bond acceptors (Lipinski definition) is 3. The first-order valence-electron chi connectivity index (χ1n) is 6.76. The number of nitrogens with zero attached hydrogens (tertiary/aromatic N) is 1. The molecule has 0 spiro atoms. The van der Waals surface area contributed by atoms with Crippen LogP contribution >= 0.6 is 0 Å². The number of carbonyl (C=O) groups excluding carboxylic acids is 1. The normalized spacial score (nSPS) is 10.7. The number of ether oxygens (including phenoxy) is 1. The van der Waals surface area contributed by atoms with Crippen LogP contribution in [-0.2, 0) is 16.1 Å². The Morgan fingerprint density at radius 1 is 1.37 bits per heavy atom. The number of benzene rings is 1. The van der Waals surface area contributed by atoms with Crippen molar-refractivity contribution in [3.05, 3.63) is 29.8 Å². The second kappa shape index (κ2) is 7.79. The molecule has 0 aliphatic rings. The molecule has 1 aromatic carbocycles. The van der Waals surface area contributed by atoms with Crippen LogP contribution in [0, 0.1) is 0 Å². The number of rotatable bonds is 7.